The number of hydrogen-bond acceptors (Lipinski definition) is 5. The summed E-state index contributed by atoms with van der Waals surface area (Å²) in [5, 5.41) is 8.95. The van der Waals surface area contributed by atoms with Crippen LogP contribution in [0.1, 0.15) is 46.1 Å². The first kappa shape index (κ1) is 27.4. The highest BCUT2D eigenvalue weighted by Crippen LogP contribution is 2.32. The molecule has 0 aliphatic carbocycles. The number of halogens is 4. The molecule has 0 radical (unpaired) electrons. The van der Waals surface area contributed by atoms with E-state index in [4.69, 9.17) is 16.7 Å². The van der Waals surface area contributed by atoms with Gasteiger partial charge in [-0.1, -0.05) is 0 Å². The number of hydrogen-bond donors (Lipinski definition) is 0. The van der Waals surface area contributed by atoms with E-state index in [0.717, 1.165) is 18.2 Å². The van der Waals surface area contributed by atoms with Crippen molar-refractivity contribution in [2.24, 2.45) is 0 Å². The van der Waals surface area contributed by atoms with Crippen molar-refractivity contribution in [2.75, 3.05) is 18.0 Å². The van der Waals surface area contributed by atoms with Crippen molar-refractivity contribution in [2.45, 2.75) is 39.0 Å². The van der Waals surface area contributed by atoms with Crippen LogP contribution in [0.4, 0.5) is 29.2 Å². The Balaban J connectivity index is 1.72. The molecule has 1 amide bonds. The Morgan fingerprint density at radius 2 is 1.92 bits per heavy atom. The molecule has 0 saturated heterocycles. The average molecular weight is 538 g/mol. The predicted octanol–water partition coefficient (Wildman–Crippen LogP) is 4.65. The number of benzene rings is 2. The number of fused-ring (bicyclic) bond motifs is 1. The third-order valence-corrected chi connectivity index (χ3v) is 6.46. The molecule has 3 aromatic rings. The Kier molecular flexibility index (Phi) is 7.73. The molecule has 2 aromatic carbocycles. The van der Waals surface area contributed by atoms with Gasteiger partial charge >= 0.3 is 6.18 Å². The molecule has 11 heteroatoms. The molecule has 7 nitrogen and oxygen atoms in total. The highest BCUT2D eigenvalue weighted by Gasteiger charge is 2.31. The normalized spacial score (nSPS) is 12.8. The maximum absolute atomic E-state index is 14.5. The molecule has 1 aliphatic heterocycles. The molecular formula is C28H23F4N5O2. The number of amides is 1. The molecule has 0 saturated carbocycles. The zero-order chi connectivity index (χ0) is 28.3. The van der Waals surface area contributed by atoms with Crippen LogP contribution in [-0.2, 0) is 25.7 Å². The maximum atomic E-state index is 14.5. The van der Waals surface area contributed by atoms with Crippen LogP contribution in [-0.4, -0.2) is 33.4 Å². The molecule has 0 spiro atoms. The summed E-state index contributed by atoms with van der Waals surface area (Å²) < 4.78 is 55.1. The van der Waals surface area contributed by atoms with Crippen LogP contribution in [0.3, 0.4) is 0 Å². The molecule has 0 unspecified atom stereocenters. The van der Waals surface area contributed by atoms with E-state index in [0.29, 0.717) is 17.9 Å². The highest BCUT2D eigenvalue weighted by atomic mass is 19.4. The molecule has 0 N–H and O–H groups in total. The molecular weight excluding hydrogens is 514 g/mol. The summed E-state index contributed by atoms with van der Waals surface area (Å²) in [7, 11) is 0. The van der Waals surface area contributed by atoms with Gasteiger partial charge in [-0.05, 0) is 49.4 Å². The fraction of sp³-hybridized carbons (Fsp3) is 0.286. The number of nitriles is 1. The summed E-state index contributed by atoms with van der Waals surface area (Å²) in [6, 6.07) is 9.93. The monoisotopic (exact) mass is 537 g/mol. The zero-order valence-electron chi connectivity index (χ0n) is 20.9. The summed E-state index contributed by atoms with van der Waals surface area (Å²) in [6.45, 7) is 2.23. The number of alkyl halides is 3. The topological polar surface area (TPSA) is 82.2 Å². The van der Waals surface area contributed by atoms with Crippen LogP contribution in [0.2, 0.25) is 0 Å². The maximum Gasteiger partial charge on any atom is 0.416 e. The van der Waals surface area contributed by atoms with Gasteiger partial charge in [0.05, 0.1) is 40.6 Å². The number of carbonyl (C=O) groups is 1. The summed E-state index contributed by atoms with van der Waals surface area (Å²) in [6.07, 6.45) is 1.35. The standard InChI is InChI=1S/C28H23F4N5O2/c1-3-5-13-37-26(39)22-17-35(25(38)21-11-6-18(16-33)15-23(21)29)14-12-24(22)34-27(37)36(4-2)20-9-7-19(8-10-20)28(30,31)32/h1,6-11,15H,4-5,12-14,17H2,2H3. The van der Waals surface area contributed by atoms with Gasteiger partial charge in [-0.3, -0.25) is 14.2 Å². The van der Waals surface area contributed by atoms with Crippen molar-refractivity contribution in [3.05, 3.63) is 86.6 Å². The molecule has 0 fully saturated rings. The second-order valence-electron chi connectivity index (χ2n) is 8.82. The minimum Gasteiger partial charge on any atom is -0.334 e. The van der Waals surface area contributed by atoms with Gasteiger partial charge in [0, 0.05) is 38.2 Å². The molecule has 2 heterocycles. The van der Waals surface area contributed by atoms with Gasteiger partial charge < -0.3 is 9.80 Å². The molecule has 39 heavy (non-hydrogen) atoms. The van der Waals surface area contributed by atoms with Crippen molar-refractivity contribution in [1.29, 1.82) is 5.26 Å². The molecule has 200 valence electrons. The van der Waals surface area contributed by atoms with E-state index < -0.39 is 29.0 Å². The van der Waals surface area contributed by atoms with E-state index in [9.17, 15) is 27.2 Å². The van der Waals surface area contributed by atoms with Crippen LogP contribution >= 0.6 is 0 Å². The van der Waals surface area contributed by atoms with E-state index in [1.54, 1.807) is 11.8 Å². The quantitative estimate of drug-likeness (QED) is 0.338. The summed E-state index contributed by atoms with van der Waals surface area (Å²) in [5.74, 6) is 1.25. The van der Waals surface area contributed by atoms with Gasteiger partial charge in [0.15, 0.2) is 0 Å². The first-order chi connectivity index (χ1) is 18.6. The van der Waals surface area contributed by atoms with Gasteiger partial charge in [-0.2, -0.15) is 18.4 Å². The summed E-state index contributed by atoms with van der Waals surface area (Å²) in [4.78, 5) is 34.4. The van der Waals surface area contributed by atoms with E-state index in [1.165, 1.54) is 33.7 Å². The van der Waals surface area contributed by atoms with Crippen molar-refractivity contribution in [3.63, 3.8) is 0 Å². The number of carbonyl (C=O) groups excluding carboxylic acids is 1. The van der Waals surface area contributed by atoms with Crippen LogP contribution in [0, 0.1) is 29.5 Å². The molecule has 1 aromatic heterocycles. The van der Waals surface area contributed by atoms with Crippen molar-refractivity contribution in [1.82, 2.24) is 14.5 Å². The van der Waals surface area contributed by atoms with Crippen molar-refractivity contribution < 1.29 is 22.4 Å². The number of aromatic nitrogens is 2. The van der Waals surface area contributed by atoms with Crippen LogP contribution in [0.5, 0.6) is 0 Å². The SMILES string of the molecule is C#CCCn1c(N(CC)c2ccc(C(F)(F)F)cc2)nc2c(c1=O)CN(C(=O)c1ccc(C#N)cc1F)CC2. The minimum absolute atomic E-state index is 0.0784. The van der Waals surface area contributed by atoms with Crippen molar-refractivity contribution in [3.8, 4) is 18.4 Å². The van der Waals surface area contributed by atoms with Gasteiger partial charge in [0.25, 0.3) is 11.5 Å². The van der Waals surface area contributed by atoms with Crippen LogP contribution in [0.25, 0.3) is 0 Å². The van der Waals surface area contributed by atoms with Crippen molar-refractivity contribution >= 4 is 17.5 Å². The van der Waals surface area contributed by atoms with E-state index in [2.05, 4.69) is 5.92 Å². The first-order valence-corrected chi connectivity index (χ1v) is 12.1. The van der Waals surface area contributed by atoms with Gasteiger partial charge in [0.2, 0.25) is 5.95 Å². The Bertz CT molecular complexity index is 1550. The highest BCUT2D eigenvalue weighted by molar-refractivity contribution is 5.94. The first-order valence-electron chi connectivity index (χ1n) is 12.1. The molecule has 4 rings (SSSR count). The predicted molar refractivity (Wildman–Crippen MR) is 136 cm³/mol. The number of terminal acetylenes is 1. The molecule has 1 aliphatic rings. The fourth-order valence-electron chi connectivity index (χ4n) is 4.46. The lowest BCUT2D eigenvalue weighted by Gasteiger charge is -2.31. The lowest BCUT2D eigenvalue weighted by Crippen LogP contribution is -2.42. The molecule has 0 bridgehead atoms. The van der Waals surface area contributed by atoms with Gasteiger partial charge in [-0.15, -0.1) is 12.3 Å². The second kappa shape index (κ2) is 11.0. The Morgan fingerprint density at radius 3 is 2.51 bits per heavy atom. The second-order valence-corrected chi connectivity index (χ2v) is 8.82. The minimum atomic E-state index is -4.49. The summed E-state index contributed by atoms with van der Waals surface area (Å²) >= 11 is 0. The van der Waals surface area contributed by atoms with Crippen LogP contribution in [0.15, 0.2) is 47.3 Å². The molecule has 0 atom stereocenters. The van der Waals surface area contributed by atoms with E-state index in [1.807, 2.05) is 6.07 Å². The number of nitrogens with zero attached hydrogens (tertiary/aromatic N) is 5. The Hall–Kier alpha value is -4.64. The smallest absolute Gasteiger partial charge is 0.334 e. The number of anilines is 2. The van der Waals surface area contributed by atoms with E-state index in [-0.39, 0.29) is 55.1 Å². The zero-order valence-corrected chi connectivity index (χ0v) is 20.9. The van der Waals surface area contributed by atoms with Gasteiger partial charge in [-0.25, -0.2) is 9.37 Å². The fourth-order valence-corrected chi connectivity index (χ4v) is 4.46. The van der Waals surface area contributed by atoms with E-state index >= 15 is 0 Å². The van der Waals surface area contributed by atoms with Gasteiger partial charge in [0.1, 0.15) is 5.82 Å². The summed E-state index contributed by atoms with van der Waals surface area (Å²) in [5.41, 5.74) is -0.253. The Labute approximate surface area is 221 Å². The third kappa shape index (κ3) is 5.48. The lowest BCUT2D eigenvalue weighted by molar-refractivity contribution is -0.137. The lowest BCUT2D eigenvalue weighted by atomic mass is 10.0. The van der Waals surface area contributed by atoms with Crippen LogP contribution < -0.4 is 10.5 Å². The Morgan fingerprint density at radius 1 is 1.21 bits per heavy atom. The average Bonchev–Trinajstić information content (AvgIpc) is 2.92. The third-order valence-electron chi connectivity index (χ3n) is 6.46. The largest absolute Gasteiger partial charge is 0.416 e. The number of rotatable bonds is 6.